The second-order valence-corrected chi connectivity index (χ2v) is 3.81. The van der Waals surface area contributed by atoms with Crippen LogP contribution in [0.3, 0.4) is 0 Å². The van der Waals surface area contributed by atoms with E-state index in [1.165, 1.54) is 0 Å². The van der Waals surface area contributed by atoms with Crippen molar-refractivity contribution in [1.82, 2.24) is 0 Å². The largest absolute Gasteiger partial charge is 0.443 e. The monoisotopic (exact) mass is 179 g/mol. The molecular weight excluding hydrogens is 179 g/mol. The molecule has 0 bridgehead atoms. The van der Waals surface area contributed by atoms with Crippen LogP contribution in [0.2, 0.25) is 0 Å². The molecule has 9 radical (unpaired) electrons. The molecule has 0 heterocycles. The summed E-state index contributed by atoms with van der Waals surface area (Å²) in [5.74, 6) is 0. The van der Waals surface area contributed by atoms with Crippen LogP contribution in [0.15, 0.2) is 0 Å². The molecule has 0 spiro atoms. The Labute approximate surface area is 57.1 Å². The summed E-state index contributed by atoms with van der Waals surface area (Å²) in [5, 5.41) is 0. The van der Waals surface area contributed by atoms with E-state index in [1.807, 2.05) is 0 Å². The maximum absolute atomic E-state index is 10.5. The molecule has 0 fully saturated rings. The van der Waals surface area contributed by atoms with Crippen molar-refractivity contribution in [2.75, 3.05) is 0 Å². The number of hydrogen-bond acceptors (Lipinski definition) is 4. The molecule has 0 saturated heterocycles. The summed E-state index contributed by atoms with van der Waals surface area (Å²) in [5.41, 5.74) is 0. The fraction of sp³-hybridized carbons (Fsp3) is 0. The molecule has 0 aromatic rings. The fourth-order valence-corrected chi connectivity index (χ4v) is 1.51. The summed E-state index contributed by atoms with van der Waals surface area (Å²) >= 11 is 0. The Hall–Kier alpha value is 0.761. The first-order valence-electron chi connectivity index (χ1n) is 1.34. The SMILES string of the molecule is O=P(O[Si])(O[Si])O[Si]. The standard InChI is InChI=1S/O4PSi3/c1-5(2-6,3-7)4-8. The van der Waals surface area contributed by atoms with Crippen molar-refractivity contribution in [3.63, 3.8) is 0 Å². The average molecular weight is 179 g/mol. The molecule has 0 aromatic heterocycles. The number of phosphoric acid groups is 1. The third kappa shape index (κ3) is 2.35. The first-order chi connectivity index (χ1) is 3.68. The predicted molar refractivity (Wildman–Crippen MR) is 28.1 cm³/mol. The highest BCUT2D eigenvalue weighted by molar-refractivity contribution is 7.51. The van der Waals surface area contributed by atoms with Crippen molar-refractivity contribution in [2.45, 2.75) is 0 Å². The quantitative estimate of drug-likeness (QED) is 0.428. The third-order valence-electron chi connectivity index (χ3n) is 0.335. The zero-order valence-electron chi connectivity index (χ0n) is 3.58. The highest BCUT2D eigenvalue weighted by Gasteiger charge is 2.17. The molecule has 0 N–H and O–H groups in total. The molecule has 0 aliphatic heterocycles. The maximum Gasteiger partial charge on any atom is 0.443 e. The Kier molecular flexibility index (Phi) is 4.08. The highest BCUT2D eigenvalue weighted by atomic mass is 31.2. The van der Waals surface area contributed by atoms with Crippen LogP contribution in [-0.4, -0.2) is 31.5 Å². The second kappa shape index (κ2) is 3.72. The summed E-state index contributed by atoms with van der Waals surface area (Å²) in [4.78, 5) is 0. The Morgan fingerprint density at radius 3 is 1.25 bits per heavy atom. The van der Waals surface area contributed by atoms with Gasteiger partial charge < -0.3 is 12.6 Å². The average Bonchev–Trinajstić information content (AvgIpc) is 1.87. The molecular formula is O4PSi3. The highest BCUT2D eigenvalue weighted by Crippen LogP contribution is 2.45. The van der Waals surface area contributed by atoms with E-state index in [0.29, 0.717) is 0 Å². The van der Waals surface area contributed by atoms with Gasteiger partial charge in [-0.05, 0) is 0 Å². The minimum atomic E-state index is -3.42. The van der Waals surface area contributed by atoms with Crippen LogP contribution in [0.4, 0.5) is 0 Å². The van der Waals surface area contributed by atoms with Crippen molar-refractivity contribution in [2.24, 2.45) is 0 Å². The first kappa shape index (κ1) is 8.76. The summed E-state index contributed by atoms with van der Waals surface area (Å²) in [6, 6.07) is 0. The van der Waals surface area contributed by atoms with Gasteiger partial charge in [0.2, 0.25) is 0 Å². The molecule has 41 valence electrons. The Bertz CT molecular complexity index is 82.4. The van der Waals surface area contributed by atoms with Gasteiger partial charge in [0.05, 0.1) is 0 Å². The van der Waals surface area contributed by atoms with Crippen molar-refractivity contribution in [3.05, 3.63) is 0 Å². The Morgan fingerprint density at radius 2 is 1.25 bits per heavy atom. The van der Waals surface area contributed by atoms with Crippen LogP contribution >= 0.6 is 7.82 Å². The molecule has 0 aliphatic rings. The van der Waals surface area contributed by atoms with Gasteiger partial charge >= 0.3 is 7.82 Å². The van der Waals surface area contributed by atoms with Gasteiger partial charge in [0, 0.05) is 0 Å². The molecule has 8 heteroatoms. The van der Waals surface area contributed by atoms with Gasteiger partial charge in [-0.15, -0.1) is 0 Å². The van der Waals surface area contributed by atoms with E-state index in [1.54, 1.807) is 0 Å². The lowest BCUT2D eigenvalue weighted by Gasteiger charge is -2.09. The van der Waals surface area contributed by atoms with E-state index in [-0.39, 0.29) is 0 Å². The van der Waals surface area contributed by atoms with Crippen molar-refractivity contribution < 1.29 is 17.2 Å². The van der Waals surface area contributed by atoms with Crippen molar-refractivity contribution in [3.8, 4) is 0 Å². The molecule has 0 rings (SSSR count). The summed E-state index contributed by atoms with van der Waals surface area (Å²) in [7, 11) is 3.97. The van der Waals surface area contributed by atoms with Crippen LogP contribution < -0.4 is 0 Å². The van der Waals surface area contributed by atoms with E-state index < -0.39 is 7.82 Å². The van der Waals surface area contributed by atoms with Gasteiger partial charge in [0.15, 0.2) is 0 Å². The topological polar surface area (TPSA) is 44.8 Å². The fourth-order valence-electron chi connectivity index (χ4n) is 0.0559. The van der Waals surface area contributed by atoms with Crippen LogP contribution in [0.25, 0.3) is 0 Å². The van der Waals surface area contributed by atoms with Gasteiger partial charge in [0.1, 0.15) is 0 Å². The molecule has 0 aliphatic carbocycles. The van der Waals surface area contributed by atoms with Gasteiger partial charge in [-0.25, -0.2) is 4.57 Å². The van der Waals surface area contributed by atoms with Gasteiger partial charge in [0.25, 0.3) is 31.5 Å². The Morgan fingerprint density at radius 1 is 1.00 bits per heavy atom. The molecule has 0 aromatic carbocycles. The van der Waals surface area contributed by atoms with Crippen molar-refractivity contribution in [1.29, 1.82) is 0 Å². The molecule has 0 saturated carbocycles. The molecule has 4 nitrogen and oxygen atoms in total. The van der Waals surface area contributed by atoms with Crippen LogP contribution in [-0.2, 0) is 17.2 Å². The third-order valence-corrected chi connectivity index (χ3v) is 3.02. The lowest BCUT2D eigenvalue weighted by molar-refractivity contribution is 0.327. The zero-order valence-corrected chi connectivity index (χ0v) is 7.47. The lowest BCUT2D eigenvalue weighted by Crippen LogP contribution is -1.92. The van der Waals surface area contributed by atoms with Crippen LogP contribution in [0.5, 0.6) is 0 Å². The lowest BCUT2D eigenvalue weighted by atomic mass is 15.7. The van der Waals surface area contributed by atoms with E-state index in [0.717, 1.165) is 0 Å². The minimum Gasteiger partial charge on any atom is -0.333 e. The van der Waals surface area contributed by atoms with Crippen molar-refractivity contribution >= 4 is 39.3 Å². The number of rotatable bonds is 3. The second-order valence-electron chi connectivity index (χ2n) is 0.721. The maximum atomic E-state index is 10.5. The molecule has 0 amide bonds. The summed E-state index contributed by atoms with van der Waals surface area (Å²) in [6.07, 6.45) is 0. The van der Waals surface area contributed by atoms with E-state index in [4.69, 9.17) is 0 Å². The van der Waals surface area contributed by atoms with Crippen LogP contribution in [0.1, 0.15) is 0 Å². The molecule has 0 unspecified atom stereocenters. The first-order valence-corrected chi connectivity index (χ1v) is 4.03. The van der Waals surface area contributed by atoms with E-state index in [9.17, 15) is 4.57 Å². The Balaban J connectivity index is 3.79. The van der Waals surface area contributed by atoms with Crippen LogP contribution in [0, 0.1) is 0 Å². The van der Waals surface area contributed by atoms with Gasteiger partial charge in [-0.3, -0.25) is 0 Å². The zero-order chi connectivity index (χ0) is 6.62. The van der Waals surface area contributed by atoms with E-state index >= 15 is 0 Å². The minimum absolute atomic E-state index is 2.46. The van der Waals surface area contributed by atoms with E-state index in [2.05, 4.69) is 44.1 Å². The van der Waals surface area contributed by atoms with Gasteiger partial charge in [-0.1, -0.05) is 0 Å². The molecule has 8 heavy (non-hydrogen) atoms. The predicted octanol–water partition coefficient (Wildman–Crippen LogP) is -0.605. The summed E-state index contributed by atoms with van der Waals surface area (Å²) in [6.45, 7) is 0. The summed E-state index contributed by atoms with van der Waals surface area (Å²) < 4.78 is 22.7. The molecule has 0 atom stereocenters. The normalized spacial score (nSPS) is 11.9. The number of hydrogen-bond donors (Lipinski definition) is 0. The van der Waals surface area contributed by atoms with Gasteiger partial charge in [-0.2, -0.15) is 0 Å². The smallest absolute Gasteiger partial charge is 0.333 e.